The van der Waals surface area contributed by atoms with Crippen molar-refractivity contribution in [2.24, 2.45) is 11.3 Å². The summed E-state index contributed by atoms with van der Waals surface area (Å²) in [5, 5.41) is 2.96. The summed E-state index contributed by atoms with van der Waals surface area (Å²) >= 11 is 0. The number of rotatable bonds is 7. The van der Waals surface area contributed by atoms with Crippen molar-refractivity contribution >= 4 is 32.6 Å². The summed E-state index contributed by atoms with van der Waals surface area (Å²) in [5.41, 5.74) is 0.202. The number of phosphoric ester groups is 2. The molecule has 0 spiro atoms. The Morgan fingerprint density at radius 1 is 1.28 bits per heavy atom. The molecule has 2 saturated carbocycles. The van der Waals surface area contributed by atoms with Crippen LogP contribution < -0.4 is 5.32 Å². The number of anilines is 1. The molecule has 2 heterocycles. The maximum absolute atomic E-state index is 11.5. The van der Waals surface area contributed by atoms with Crippen molar-refractivity contribution in [1.82, 2.24) is 19.5 Å². The predicted molar refractivity (Wildman–Crippen MR) is 98.7 cm³/mol. The van der Waals surface area contributed by atoms with Crippen molar-refractivity contribution in [1.29, 1.82) is 0 Å². The second kappa shape index (κ2) is 6.79. The quantitative estimate of drug-likeness (QED) is 0.373. The van der Waals surface area contributed by atoms with Crippen molar-refractivity contribution < 1.29 is 37.8 Å². The van der Waals surface area contributed by atoms with E-state index in [9.17, 15) is 18.9 Å². The van der Waals surface area contributed by atoms with Crippen molar-refractivity contribution in [2.45, 2.75) is 31.9 Å². The first-order chi connectivity index (χ1) is 13.4. The van der Waals surface area contributed by atoms with Gasteiger partial charge in [-0.3, -0.25) is 9.05 Å². The SMILES string of the molecule is CNc1nc(C)nc2c1ncn2[C@H]1C[C@H](OP(=O)(O)O)[C@]2(COP(=O)(O)O)C[C@H]12. The Morgan fingerprint density at radius 2 is 2.00 bits per heavy atom. The highest BCUT2D eigenvalue weighted by Crippen LogP contribution is 2.71. The van der Waals surface area contributed by atoms with Gasteiger partial charge in [-0.05, 0) is 25.7 Å². The number of nitrogens with zero attached hydrogens (tertiary/aromatic N) is 4. The minimum atomic E-state index is -4.81. The van der Waals surface area contributed by atoms with Gasteiger partial charge in [0.05, 0.1) is 19.0 Å². The Bertz CT molecular complexity index is 1050. The summed E-state index contributed by atoms with van der Waals surface area (Å²) in [5.74, 6) is 0.909. The van der Waals surface area contributed by atoms with Crippen LogP contribution in [0, 0.1) is 18.3 Å². The third-order valence-corrected chi connectivity index (χ3v) is 6.63. The van der Waals surface area contributed by atoms with Crippen molar-refractivity contribution in [3.63, 3.8) is 0 Å². The number of imidazole rings is 1. The van der Waals surface area contributed by atoms with E-state index in [0.717, 1.165) is 0 Å². The minimum Gasteiger partial charge on any atom is -0.371 e. The second-order valence-electron chi connectivity index (χ2n) is 7.39. The van der Waals surface area contributed by atoms with Crippen LogP contribution in [-0.4, -0.2) is 58.9 Å². The van der Waals surface area contributed by atoms with Gasteiger partial charge in [0.25, 0.3) is 0 Å². The van der Waals surface area contributed by atoms with Crippen LogP contribution in [0.2, 0.25) is 0 Å². The summed E-state index contributed by atoms with van der Waals surface area (Å²) in [4.78, 5) is 49.8. The molecule has 13 nitrogen and oxygen atoms in total. The summed E-state index contributed by atoms with van der Waals surface area (Å²) in [6.07, 6.45) is 1.29. The highest BCUT2D eigenvalue weighted by molar-refractivity contribution is 7.46. The summed E-state index contributed by atoms with van der Waals surface area (Å²) in [7, 11) is -7.85. The van der Waals surface area contributed by atoms with Crippen LogP contribution in [0.3, 0.4) is 0 Å². The van der Waals surface area contributed by atoms with E-state index in [2.05, 4.69) is 24.8 Å². The smallest absolute Gasteiger partial charge is 0.371 e. The second-order valence-corrected chi connectivity index (χ2v) is 9.82. The Labute approximate surface area is 165 Å². The lowest BCUT2D eigenvalue weighted by Crippen LogP contribution is -2.26. The third-order valence-electron chi connectivity index (χ3n) is 5.63. The number of phosphoric acid groups is 2. The van der Waals surface area contributed by atoms with Gasteiger partial charge in [0.1, 0.15) is 11.3 Å². The number of aryl methyl sites for hydroxylation is 1. The van der Waals surface area contributed by atoms with Crippen LogP contribution in [-0.2, 0) is 18.2 Å². The number of hydrogen-bond donors (Lipinski definition) is 5. The zero-order chi connectivity index (χ0) is 21.2. The van der Waals surface area contributed by atoms with E-state index in [1.165, 1.54) is 0 Å². The first-order valence-corrected chi connectivity index (χ1v) is 11.8. The van der Waals surface area contributed by atoms with Crippen LogP contribution in [0.5, 0.6) is 0 Å². The van der Waals surface area contributed by atoms with E-state index in [1.54, 1.807) is 24.9 Å². The molecule has 4 atom stereocenters. The zero-order valence-corrected chi connectivity index (χ0v) is 17.3. The molecule has 0 amide bonds. The van der Waals surface area contributed by atoms with Gasteiger partial charge < -0.3 is 29.5 Å². The number of hydrogen-bond acceptors (Lipinski definition) is 8. The Hall–Kier alpha value is -1.43. The highest BCUT2D eigenvalue weighted by atomic mass is 31.2. The molecule has 0 aromatic carbocycles. The van der Waals surface area contributed by atoms with Crippen LogP contribution in [0.25, 0.3) is 11.2 Å². The molecule has 15 heteroatoms. The molecular weight excluding hydrogens is 428 g/mol. The van der Waals surface area contributed by atoms with E-state index in [0.29, 0.717) is 29.2 Å². The molecule has 0 aliphatic heterocycles. The van der Waals surface area contributed by atoms with Crippen molar-refractivity contribution in [3.05, 3.63) is 12.2 Å². The average Bonchev–Trinajstić information content (AvgIpc) is 3.07. The molecule has 0 unspecified atom stereocenters. The zero-order valence-electron chi connectivity index (χ0n) is 15.5. The minimum absolute atomic E-state index is 0.170. The molecule has 2 aromatic heterocycles. The topological polar surface area (TPSA) is 189 Å². The number of aromatic nitrogens is 4. The van der Waals surface area contributed by atoms with Crippen LogP contribution >= 0.6 is 15.6 Å². The van der Waals surface area contributed by atoms with Gasteiger partial charge in [-0.1, -0.05) is 0 Å². The van der Waals surface area contributed by atoms with E-state index in [4.69, 9.17) is 14.3 Å². The molecule has 160 valence electrons. The first kappa shape index (κ1) is 20.8. The third kappa shape index (κ3) is 3.85. The number of nitrogens with one attached hydrogen (secondary N) is 1. The van der Waals surface area contributed by atoms with Gasteiger partial charge >= 0.3 is 15.6 Å². The number of fused-ring (bicyclic) bond motifs is 2. The van der Waals surface area contributed by atoms with Crippen molar-refractivity contribution in [2.75, 3.05) is 19.0 Å². The summed E-state index contributed by atoms with van der Waals surface area (Å²) in [6.45, 7) is 1.37. The van der Waals surface area contributed by atoms with Gasteiger partial charge in [0, 0.05) is 18.5 Å². The fourth-order valence-electron chi connectivity index (χ4n) is 4.38. The largest absolute Gasteiger partial charge is 0.469 e. The Balaban J connectivity index is 1.70. The lowest BCUT2D eigenvalue weighted by molar-refractivity contribution is 0.0499. The first-order valence-electron chi connectivity index (χ1n) is 8.76. The maximum Gasteiger partial charge on any atom is 0.469 e. The summed E-state index contributed by atoms with van der Waals surface area (Å²) < 4.78 is 34.1. The van der Waals surface area contributed by atoms with E-state index < -0.39 is 27.2 Å². The molecule has 2 fully saturated rings. The summed E-state index contributed by atoms with van der Waals surface area (Å²) in [6, 6.07) is -0.282. The van der Waals surface area contributed by atoms with Crippen LogP contribution in [0.1, 0.15) is 24.7 Å². The molecule has 29 heavy (non-hydrogen) atoms. The highest BCUT2D eigenvalue weighted by Gasteiger charge is 2.70. The van der Waals surface area contributed by atoms with Crippen molar-refractivity contribution in [3.8, 4) is 0 Å². The standard InChI is InChI=1S/C14H21N5O8P2/c1-7-17-12(15-2)11-13(18-7)19(6-16-11)9-3-10(27-29(23,24)25)14(4-8(9)14)5-26-28(20,21)22/h6,8-10H,3-5H2,1-2H3,(H,15,17,18)(H2,20,21,22)(H2,23,24,25)/t8-,9+,10+,14+/m1/s1. The molecule has 2 aromatic rings. The normalized spacial score (nSPS) is 29.2. The molecule has 5 N–H and O–H groups in total. The molecule has 2 aliphatic carbocycles. The molecule has 0 saturated heterocycles. The van der Waals surface area contributed by atoms with Crippen LogP contribution in [0.15, 0.2) is 6.33 Å². The van der Waals surface area contributed by atoms with E-state index in [-0.39, 0.29) is 25.0 Å². The predicted octanol–water partition coefficient (Wildman–Crippen LogP) is 0.715. The molecule has 2 aliphatic rings. The van der Waals surface area contributed by atoms with Crippen LogP contribution in [0.4, 0.5) is 5.82 Å². The van der Waals surface area contributed by atoms with E-state index in [1.807, 2.05) is 0 Å². The molecule has 0 bridgehead atoms. The lowest BCUT2D eigenvalue weighted by atomic mass is 10.0. The monoisotopic (exact) mass is 449 g/mol. The average molecular weight is 449 g/mol. The molecule has 0 radical (unpaired) electrons. The Kier molecular flexibility index (Phi) is 4.88. The lowest BCUT2D eigenvalue weighted by Gasteiger charge is -2.24. The van der Waals surface area contributed by atoms with Gasteiger partial charge in [-0.25, -0.2) is 24.1 Å². The van der Waals surface area contributed by atoms with Gasteiger partial charge in [-0.15, -0.1) is 0 Å². The van der Waals surface area contributed by atoms with E-state index >= 15 is 0 Å². The Morgan fingerprint density at radius 3 is 2.62 bits per heavy atom. The fraction of sp³-hybridized carbons (Fsp3) is 0.643. The fourth-order valence-corrected chi connectivity index (χ4v) is 5.42. The molecular formula is C14H21N5O8P2. The maximum atomic E-state index is 11.5. The van der Waals surface area contributed by atoms with Gasteiger partial charge in [-0.2, -0.15) is 0 Å². The molecule has 4 rings (SSSR count). The van der Waals surface area contributed by atoms with Gasteiger partial charge in [0.15, 0.2) is 11.5 Å². The van der Waals surface area contributed by atoms with Gasteiger partial charge in [0.2, 0.25) is 0 Å².